The molecule has 0 fully saturated rings. The zero-order valence-corrected chi connectivity index (χ0v) is 16.5. The topological polar surface area (TPSA) is 102 Å². The Morgan fingerprint density at radius 1 is 1.10 bits per heavy atom. The number of nitrogen functional groups attached to an aromatic ring is 1. The van der Waals surface area contributed by atoms with Crippen molar-refractivity contribution in [2.24, 2.45) is 5.73 Å². The third-order valence-corrected chi connectivity index (χ3v) is 5.55. The van der Waals surface area contributed by atoms with Crippen molar-refractivity contribution in [2.45, 2.75) is 25.4 Å². The lowest BCUT2D eigenvalue weighted by Gasteiger charge is -2.31. The van der Waals surface area contributed by atoms with Gasteiger partial charge >= 0.3 is 0 Å². The molecule has 3 aromatic rings. The van der Waals surface area contributed by atoms with Crippen molar-refractivity contribution in [1.82, 2.24) is 9.88 Å². The smallest absolute Gasteiger partial charge is 0.258 e. The molecule has 4 rings (SSSR count). The number of aromatic nitrogens is 1. The highest BCUT2D eigenvalue weighted by Gasteiger charge is 2.35. The lowest BCUT2D eigenvalue weighted by Crippen LogP contribution is -2.35. The van der Waals surface area contributed by atoms with Crippen LogP contribution in [0.1, 0.15) is 49.9 Å². The molecule has 2 aromatic carbocycles. The van der Waals surface area contributed by atoms with E-state index in [1.165, 1.54) is 17.2 Å². The maximum Gasteiger partial charge on any atom is 0.258 e. The van der Waals surface area contributed by atoms with Crippen LogP contribution in [0.5, 0.6) is 0 Å². The average Bonchev–Trinajstić information content (AvgIpc) is 3.16. The Bertz CT molecular complexity index is 1180. The molecular formula is C23H20F2N4O2. The highest BCUT2D eigenvalue weighted by Crippen LogP contribution is 2.39. The lowest BCUT2D eigenvalue weighted by atomic mass is 10.0. The number of hydrogen-bond donors (Lipinski definition) is 2. The first-order valence-electron chi connectivity index (χ1n) is 9.73. The third kappa shape index (κ3) is 3.84. The standard InChI is InChI=1S/C23H20F2N4O2/c24-14-10-18-16(19(25)11-14)7-8-20(18)29(23(31)17-6-3-9-28-21(17)26)12-13-4-1-2-5-15(13)22(27)30/h1-6,9-11,20H,7-8,12H2,(H2,26,28)(H2,27,30)/t20-/m1/s1. The molecule has 0 saturated carbocycles. The number of pyridine rings is 1. The second-order valence-corrected chi connectivity index (χ2v) is 7.40. The van der Waals surface area contributed by atoms with Crippen LogP contribution in [0.15, 0.2) is 54.7 Å². The quantitative estimate of drug-likeness (QED) is 0.658. The molecule has 6 nitrogen and oxygen atoms in total. The first kappa shape index (κ1) is 20.5. The summed E-state index contributed by atoms with van der Waals surface area (Å²) in [7, 11) is 0. The van der Waals surface area contributed by atoms with E-state index in [1.807, 2.05) is 0 Å². The predicted octanol–water partition coefficient (Wildman–Crippen LogP) is 3.37. The number of rotatable bonds is 5. The lowest BCUT2D eigenvalue weighted by molar-refractivity contribution is 0.0656. The molecule has 0 bridgehead atoms. The van der Waals surface area contributed by atoms with Crippen LogP contribution in [0, 0.1) is 11.6 Å². The van der Waals surface area contributed by atoms with Gasteiger partial charge in [0.2, 0.25) is 5.91 Å². The minimum absolute atomic E-state index is 0.00845. The van der Waals surface area contributed by atoms with Crippen molar-refractivity contribution >= 4 is 17.6 Å². The number of halogens is 2. The van der Waals surface area contributed by atoms with Gasteiger partial charge in [0.05, 0.1) is 11.6 Å². The highest BCUT2D eigenvalue weighted by atomic mass is 19.1. The number of nitrogens with two attached hydrogens (primary N) is 2. The summed E-state index contributed by atoms with van der Waals surface area (Å²) < 4.78 is 28.3. The van der Waals surface area contributed by atoms with E-state index in [-0.39, 0.29) is 23.5 Å². The minimum atomic E-state index is -0.714. The van der Waals surface area contributed by atoms with Gasteiger partial charge in [0.1, 0.15) is 17.5 Å². The summed E-state index contributed by atoms with van der Waals surface area (Å²) in [4.78, 5) is 30.9. The van der Waals surface area contributed by atoms with Crippen LogP contribution in [0.25, 0.3) is 0 Å². The van der Waals surface area contributed by atoms with E-state index in [1.54, 1.807) is 36.4 Å². The van der Waals surface area contributed by atoms with E-state index < -0.39 is 29.5 Å². The molecule has 0 aliphatic heterocycles. The van der Waals surface area contributed by atoms with Gasteiger partial charge in [-0.1, -0.05) is 18.2 Å². The molecule has 1 atom stereocenters. The molecule has 0 radical (unpaired) electrons. The van der Waals surface area contributed by atoms with Gasteiger partial charge in [0.15, 0.2) is 0 Å². The maximum atomic E-state index is 14.3. The number of primary amides is 1. The summed E-state index contributed by atoms with van der Waals surface area (Å²) in [6, 6.07) is 11.3. The number of benzene rings is 2. The summed E-state index contributed by atoms with van der Waals surface area (Å²) in [6.07, 6.45) is 2.23. The second kappa shape index (κ2) is 8.14. The van der Waals surface area contributed by atoms with Gasteiger partial charge in [-0.25, -0.2) is 13.8 Å². The normalized spacial score (nSPS) is 14.8. The molecule has 31 heavy (non-hydrogen) atoms. The molecule has 0 saturated heterocycles. The number of nitrogens with zero attached hydrogens (tertiary/aromatic N) is 2. The molecule has 2 amide bonds. The van der Waals surface area contributed by atoms with E-state index >= 15 is 0 Å². The number of carbonyl (C=O) groups is 2. The zero-order chi connectivity index (χ0) is 22.1. The van der Waals surface area contributed by atoms with Gasteiger partial charge < -0.3 is 16.4 Å². The molecule has 1 heterocycles. The van der Waals surface area contributed by atoms with Crippen LogP contribution in [0.3, 0.4) is 0 Å². The summed E-state index contributed by atoms with van der Waals surface area (Å²) in [6.45, 7) is 0.00845. The van der Waals surface area contributed by atoms with Crippen LogP contribution >= 0.6 is 0 Å². The average molecular weight is 422 g/mol. The van der Waals surface area contributed by atoms with Crippen molar-refractivity contribution in [1.29, 1.82) is 0 Å². The summed E-state index contributed by atoms with van der Waals surface area (Å²) in [5.74, 6) is -2.39. The number of anilines is 1. The van der Waals surface area contributed by atoms with Crippen molar-refractivity contribution in [2.75, 3.05) is 5.73 Å². The molecule has 0 unspecified atom stereocenters. The molecule has 4 N–H and O–H groups in total. The predicted molar refractivity (Wildman–Crippen MR) is 111 cm³/mol. The van der Waals surface area contributed by atoms with Crippen molar-refractivity contribution in [3.63, 3.8) is 0 Å². The number of carbonyl (C=O) groups excluding carboxylic acids is 2. The van der Waals surface area contributed by atoms with Gasteiger partial charge in [-0.05, 0) is 53.8 Å². The fraction of sp³-hybridized carbons (Fsp3) is 0.174. The van der Waals surface area contributed by atoms with Crippen LogP contribution in [0.2, 0.25) is 0 Å². The fourth-order valence-corrected chi connectivity index (χ4v) is 4.10. The van der Waals surface area contributed by atoms with Gasteiger partial charge in [-0.2, -0.15) is 0 Å². The van der Waals surface area contributed by atoms with E-state index in [9.17, 15) is 18.4 Å². The summed E-state index contributed by atoms with van der Waals surface area (Å²) in [5.41, 5.74) is 13.2. The van der Waals surface area contributed by atoms with Crippen LogP contribution in [0.4, 0.5) is 14.6 Å². The van der Waals surface area contributed by atoms with Gasteiger partial charge in [0.25, 0.3) is 5.91 Å². The van der Waals surface area contributed by atoms with Crippen molar-refractivity contribution < 1.29 is 18.4 Å². The summed E-state index contributed by atoms with van der Waals surface area (Å²) >= 11 is 0. The minimum Gasteiger partial charge on any atom is -0.383 e. The van der Waals surface area contributed by atoms with E-state index in [0.29, 0.717) is 29.5 Å². The Labute approximate surface area is 177 Å². The summed E-state index contributed by atoms with van der Waals surface area (Å²) in [5, 5.41) is 0. The third-order valence-electron chi connectivity index (χ3n) is 5.55. The first-order valence-corrected chi connectivity index (χ1v) is 9.73. The Morgan fingerprint density at radius 3 is 2.58 bits per heavy atom. The van der Waals surface area contributed by atoms with Gasteiger partial charge in [-0.15, -0.1) is 0 Å². The van der Waals surface area contributed by atoms with Crippen LogP contribution < -0.4 is 11.5 Å². The number of amides is 2. The Hall–Kier alpha value is -3.81. The van der Waals surface area contributed by atoms with Crippen molar-refractivity contribution in [3.8, 4) is 0 Å². The van der Waals surface area contributed by atoms with Crippen LogP contribution in [-0.2, 0) is 13.0 Å². The largest absolute Gasteiger partial charge is 0.383 e. The fourth-order valence-electron chi connectivity index (χ4n) is 4.10. The Kier molecular flexibility index (Phi) is 5.37. The SMILES string of the molecule is NC(=O)c1ccccc1CN(C(=O)c1cccnc1N)[C@@H]1CCc2c(F)cc(F)cc21. The second-order valence-electron chi connectivity index (χ2n) is 7.40. The molecule has 8 heteroatoms. The van der Waals surface area contributed by atoms with E-state index in [2.05, 4.69) is 4.98 Å². The molecule has 1 aliphatic carbocycles. The zero-order valence-electron chi connectivity index (χ0n) is 16.5. The van der Waals surface area contributed by atoms with Crippen molar-refractivity contribution in [3.05, 3.63) is 94.2 Å². The van der Waals surface area contributed by atoms with Gasteiger partial charge in [-0.3, -0.25) is 9.59 Å². The Balaban J connectivity index is 1.81. The molecule has 1 aromatic heterocycles. The Morgan fingerprint density at radius 2 is 1.84 bits per heavy atom. The van der Waals surface area contributed by atoms with Crippen LogP contribution in [-0.4, -0.2) is 21.7 Å². The van der Waals surface area contributed by atoms with Gasteiger partial charge in [0, 0.05) is 24.4 Å². The molecular weight excluding hydrogens is 402 g/mol. The first-order chi connectivity index (χ1) is 14.9. The molecule has 1 aliphatic rings. The highest BCUT2D eigenvalue weighted by molar-refractivity contribution is 5.99. The molecule has 158 valence electrons. The van der Waals surface area contributed by atoms with E-state index in [4.69, 9.17) is 11.5 Å². The number of fused-ring (bicyclic) bond motifs is 1. The van der Waals surface area contributed by atoms with E-state index in [0.717, 1.165) is 6.07 Å². The maximum absolute atomic E-state index is 14.3. The monoisotopic (exact) mass is 422 g/mol. The number of hydrogen-bond acceptors (Lipinski definition) is 4. The molecule has 0 spiro atoms.